The average molecular weight is 603 g/mol. The summed E-state index contributed by atoms with van der Waals surface area (Å²) in [5.74, 6) is -0.826. The van der Waals surface area contributed by atoms with Crippen LogP contribution in [0.1, 0.15) is 53.2 Å². The lowest BCUT2D eigenvalue weighted by molar-refractivity contribution is -0.287. The zero-order chi connectivity index (χ0) is 29.9. The first-order valence-corrected chi connectivity index (χ1v) is 14.8. The van der Waals surface area contributed by atoms with E-state index in [1.165, 1.54) is 49.5 Å². The van der Waals surface area contributed by atoms with Crippen LogP contribution >= 0.6 is 0 Å². The maximum atomic E-state index is 15.4. The lowest BCUT2D eigenvalue weighted by atomic mass is 10.1. The number of hydrogen-bond donors (Lipinski definition) is 2. The number of halogens is 3. The number of fused-ring (bicyclic) bond motifs is 2. The molecule has 0 saturated heterocycles. The predicted molar refractivity (Wildman–Crippen MR) is 143 cm³/mol. The summed E-state index contributed by atoms with van der Waals surface area (Å²) in [6.45, 7) is 0.975. The lowest BCUT2D eigenvalue weighted by Gasteiger charge is -2.16. The normalized spacial score (nSPS) is 17.3. The van der Waals surface area contributed by atoms with Crippen molar-refractivity contribution in [1.29, 1.82) is 0 Å². The van der Waals surface area contributed by atoms with Crippen molar-refractivity contribution in [2.75, 3.05) is 12.4 Å². The molecule has 2 aromatic carbocycles. The standard InChI is InChI=1S/C28H25F3N4O6S/c1-2-42(38,39)18-7-8-19(32-13-18)21(15-36)33-25(37)16-6-9-22-20(12-16)34-26(27(29)10-11-27)35(22)14-17-4-3-5-23-24(17)41-28(30,31)40-23/h3-9,12-13,21,36H,2,10-11,14-15H2,1H3,(H,33,37). The van der Waals surface area contributed by atoms with Gasteiger partial charge in [0, 0.05) is 17.3 Å². The highest BCUT2D eigenvalue weighted by molar-refractivity contribution is 7.91. The minimum absolute atomic E-state index is 0.0307. The van der Waals surface area contributed by atoms with E-state index in [4.69, 9.17) is 4.74 Å². The van der Waals surface area contributed by atoms with Gasteiger partial charge in [0.25, 0.3) is 5.91 Å². The Kier molecular flexibility index (Phi) is 6.65. The number of alkyl halides is 3. The molecule has 0 radical (unpaired) electrons. The molecular formula is C28H25F3N4O6S. The fourth-order valence-electron chi connectivity index (χ4n) is 4.83. The maximum absolute atomic E-state index is 15.4. The van der Waals surface area contributed by atoms with Crippen LogP contribution in [0.2, 0.25) is 0 Å². The van der Waals surface area contributed by atoms with Crippen LogP contribution in [0.25, 0.3) is 11.0 Å². The number of ether oxygens (including phenoxy) is 2. The van der Waals surface area contributed by atoms with Gasteiger partial charge in [-0.2, -0.15) is 0 Å². The van der Waals surface area contributed by atoms with E-state index in [0.29, 0.717) is 16.6 Å². The van der Waals surface area contributed by atoms with E-state index in [9.17, 15) is 27.1 Å². The first-order valence-electron chi connectivity index (χ1n) is 13.1. The Morgan fingerprint density at radius 1 is 1.14 bits per heavy atom. The number of benzene rings is 2. The van der Waals surface area contributed by atoms with Gasteiger partial charge in [-0.05, 0) is 49.2 Å². The Morgan fingerprint density at radius 2 is 1.93 bits per heavy atom. The summed E-state index contributed by atoms with van der Waals surface area (Å²) < 4.78 is 77.8. The zero-order valence-corrected chi connectivity index (χ0v) is 23.0. The van der Waals surface area contributed by atoms with E-state index in [-0.39, 0.29) is 58.6 Å². The Labute approximate surface area is 238 Å². The van der Waals surface area contributed by atoms with E-state index < -0.39 is 40.4 Å². The fourth-order valence-corrected chi connectivity index (χ4v) is 5.65. The number of imidazole rings is 1. The van der Waals surface area contributed by atoms with Gasteiger partial charge < -0.3 is 24.5 Å². The van der Waals surface area contributed by atoms with Gasteiger partial charge >= 0.3 is 6.29 Å². The number of rotatable bonds is 9. The topological polar surface area (TPSA) is 133 Å². The SMILES string of the molecule is CCS(=O)(=O)c1ccc(C(CO)NC(=O)c2ccc3c(c2)nc(C2(F)CC2)n3Cc2cccc3c2OC(F)(F)O3)nc1. The summed E-state index contributed by atoms with van der Waals surface area (Å²) in [5.41, 5.74) is -0.137. The van der Waals surface area contributed by atoms with Crippen LogP contribution in [-0.2, 0) is 22.1 Å². The number of nitrogens with zero attached hydrogens (tertiary/aromatic N) is 3. The first-order chi connectivity index (χ1) is 19.9. The minimum Gasteiger partial charge on any atom is -0.395 e. The van der Waals surface area contributed by atoms with Crippen LogP contribution in [0.3, 0.4) is 0 Å². The van der Waals surface area contributed by atoms with Gasteiger partial charge in [-0.1, -0.05) is 19.1 Å². The molecule has 2 aromatic heterocycles. The molecular weight excluding hydrogens is 577 g/mol. The monoisotopic (exact) mass is 602 g/mol. The largest absolute Gasteiger partial charge is 0.586 e. The Hall–Kier alpha value is -4.17. The molecule has 1 fully saturated rings. The third-order valence-corrected chi connectivity index (χ3v) is 9.00. The molecule has 0 bridgehead atoms. The second kappa shape index (κ2) is 9.98. The van der Waals surface area contributed by atoms with E-state index in [1.54, 1.807) is 16.7 Å². The van der Waals surface area contributed by atoms with Crippen LogP contribution in [0.5, 0.6) is 11.5 Å². The molecule has 0 spiro atoms. The second-order valence-corrected chi connectivity index (χ2v) is 12.4. The zero-order valence-electron chi connectivity index (χ0n) is 22.2. The number of aliphatic hydroxyl groups is 1. The van der Waals surface area contributed by atoms with Crippen LogP contribution in [-0.4, -0.2) is 52.6 Å². The van der Waals surface area contributed by atoms with E-state index >= 15 is 4.39 Å². The van der Waals surface area contributed by atoms with E-state index in [0.717, 1.165) is 0 Å². The highest BCUT2D eigenvalue weighted by Crippen LogP contribution is 2.50. The second-order valence-electron chi connectivity index (χ2n) is 10.1. The number of pyridine rings is 1. The van der Waals surface area contributed by atoms with Crippen LogP contribution in [0.15, 0.2) is 59.6 Å². The molecule has 3 heterocycles. The molecule has 1 unspecified atom stereocenters. The smallest absolute Gasteiger partial charge is 0.395 e. The summed E-state index contributed by atoms with van der Waals surface area (Å²) in [7, 11) is -3.46. The highest BCUT2D eigenvalue weighted by atomic mass is 32.2. The number of aromatic nitrogens is 3. The minimum atomic E-state index is -3.81. The van der Waals surface area contributed by atoms with Gasteiger partial charge in [0.1, 0.15) is 5.82 Å². The number of carbonyl (C=O) groups excluding carboxylic acids is 1. The van der Waals surface area contributed by atoms with Crippen molar-refractivity contribution in [3.05, 3.63) is 77.4 Å². The van der Waals surface area contributed by atoms with E-state index in [2.05, 4.69) is 20.0 Å². The third kappa shape index (κ3) is 5.04. The molecule has 42 heavy (non-hydrogen) atoms. The van der Waals surface area contributed by atoms with Crippen molar-refractivity contribution in [2.45, 2.75) is 49.2 Å². The predicted octanol–water partition coefficient (Wildman–Crippen LogP) is 4.02. The van der Waals surface area contributed by atoms with Crippen molar-refractivity contribution in [3.63, 3.8) is 0 Å². The number of amides is 1. The molecule has 2 N–H and O–H groups in total. The summed E-state index contributed by atoms with van der Waals surface area (Å²) in [6, 6.07) is 10.9. The van der Waals surface area contributed by atoms with Crippen LogP contribution < -0.4 is 14.8 Å². The molecule has 10 nitrogen and oxygen atoms in total. The molecule has 1 aliphatic heterocycles. The highest BCUT2D eigenvalue weighted by Gasteiger charge is 2.50. The Morgan fingerprint density at radius 3 is 2.60 bits per heavy atom. The van der Waals surface area contributed by atoms with Crippen molar-refractivity contribution in [1.82, 2.24) is 19.9 Å². The molecule has 2 aliphatic rings. The number of para-hydroxylation sites is 1. The summed E-state index contributed by atoms with van der Waals surface area (Å²) >= 11 is 0. The van der Waals surface area contributed by atoms with Gasteiger partial charge in [-0.3, -0.25) is 9.78 Å². The molecule has 1 amide bonds. The molecule has 6 rings (SSSR count). The third-order valence-electron chi connectivity index (χ3n) is 7.28. The van der Waals surface area contributed by atoms with Crippen molar-refractivity contribution in [2.24, 2.45) is 0 Å². The Balaban J connectivity index is 1.29. The van der Waals surface area contributed by atoms with E-state index in [1.807, 2.05) is 0 Å². The number of carbonyl (C=O) groups is 1. The van der Waals surface area contributed by atoms with Crippen molar-refractivity contribution < 1.29 is 41.0 Å². The molecule has 4 aromatic rings. The Bertz CT molecular complexity index is 1810. The molecule has 14 heteroatoms. The number of hydrogen-bond acceptors (Lipinski definition) is 8. The summed E-state index contributed by atoms with van der Waals surface area (Å²) in [5, 5.41) is 12.6. The molecule has 1 atom stereocenters. The molecule has 220 valence electrons. The number of nitrogens with one attached hydrogen (secondary N) is 1. The number of sulfone groups is 1. The van der Waals surface area contributed by atoms with Gasteiger partial charge in [0.15, 0.2) is 27.0 Å². The van der Waals surface area contributed by atoms with Gasteiger partial charge in [-0.25, -0.2) is 17.8 Å². The quantitative estimate of drug-likeness (QED) is 0.294. The average Bonchev–Trinajstić information content (AvgIpc) is 3.48. The molecule has 1 saturated carbocycles. The molecule has 1 aliphatic carbocycles. The fraction of sp³-hybridized carbons (Fsp3) is 0.321. The summed E-state index contributed by atoms with van der Waals surface area (Å²) in [4.78, 5) is 21.7. The van der Waals surface area contributed by atoms with Gasteiger partial charge in [0.05, 0.1) is 46.6 Å². The van der Waals surface area contributed by atoms with Crippen molar-refractivity contribution in [3.8, 4) is 11.5 Å². The van der Waals surface area contributed by atoms with Gasteiger partial charge in [0.2, 0.25) is 0 Å². The maximum Gasteiger partial charge on any atom is 0.586 e. The van der Waals surface area contributed by atoms with Crippen LogP contribution in [0.4, 0.5) is 13.2 Å². The first kappa shape index (κ1) is 28.0. The lowest BCUT2D eigenvalue weighted by Crippen LogP contribution is -2.31. The number of aliphatic hydroxyl groups excluding tert-OH is 1. The van der Waals surface area contributed by atoms with Crippen LogP contribution in [0, 0.1) is 0 Å². The van der Waals surface area contributed by atoms with Crippen molar-refractivity contribution >= 4 is 26.8 Å². The van der Waals surface area contributed by atoms with Gasteiger partial charge in [-0.15, -0.1) is 8.78 Å². The summed E-state index contributed by atoms with van der Waals surface area (Å²) in [6.07, 6.45) is -2.14.